The van der Waals surface area contributed by atoms with E-state index < -0.39 is 6.10 Å². The highest BCUT2D eigenvalue weighted by molar-refractivity contribution is 5.71. The first-order chi connectivity index (χ1) is 32.0. The number of esters is 3. The van der Waals surface area contributed by atoms with Crippen LogP contribution in [0.5, 0.6) is 0 Å². The second-order valence-corrected chi connectivity index (χ2v) is 17.0. The topological polar surface area (TPSA) is 78.9 Å². The molecule has 368 valence electrons. The first-order valence-corrected chi connectivity index (χ1v) is 26.4. The van der Waals surface area contributed by atoms with Crippen molar-refractivity contribution in [2.24, 2.45) is 0 Å². The van der Waals surface area contributed by atoms with Crippen LogP contribution in [0, 0.1) is 0 Å². The summed E-state index contributed by atoms with van der Waals surface area (Å²) < 4.78 is 16.7. The molecule has 0 aliphatic rings. The van der Waals surface area contributed by atoms with Crippen LogP contribution in [0.2, 0.25) is 0 Å². The minimum Gasteiger partial charge on any atom is -0.462 e. The average Bonchev–Trinajstić information content (AvgIpc) is 3.30. The summed E-state index contributed by atoms with van der Waals surface area (Å²) in [5, 5.41) is 0. The van der Waals surface area contributed by atoms with Crippen LogP contribution in [0.1, 0.15) is 226 Å². The van der Waals surface area contributed by atoms with E-state index in [1.807, 2.05) is 0 Å². The molecule has 0 fully saturated rings. The van der Waals surface area contributed by atoms with E-state index in [9.17, 15) is 14.4 Å². The van der Waals surface area contributed by atoms with Gasteiger partial charge in [-0.3, -0.25) is 14.4 Å². The highest BCUT2D eigenvalue weighted by Gasteiger charge is 2.19. The number of rotatable bonds is 46. The second-order valence-electron chi connectivity index (χ2n) is 17.0. The van der Waals surface area contributed by atoms with Crippen molar-refractivity contribution < 1.29 is 28.6 Å². The summed E-state index contributed by atoms with van der Waals surface area (Å²) in [5.74, 6) is -1.02. The van der Waals surface area contributed by atoms with Crippen molar-refractivity contribution in [2.45, 2.75) is 232 Å². The van der Waals surface area contributed by atoms with Gasteiger partial charge in [0.1, 0.15) is 13.2 Å². The van der Waals surface area contributed by atoms with Crippen molar-refractivity contribution in [3.05, 3.63) is 109 Å². The lowest BCUT2D eigenvalue weighted by Crippen LogP contribution is -2.30. The first kappa shape index (κ1) is 61.1. The predicted molar refractivity (Wildman–Crippen MR) is 279 cm³/mol. The number of allylic oxidation sites excluding steroid dienone is 18. The average molecular weight is 901 g/mol. The van der Waals surface area contributed by atoms with Gasteiger partial charge in [-0.15, -0.1) is 0 Å². The fourth-order valence-corrected chi connectivity index (χ4v) is 6.88. The maximum atomic E-state index is 12.8. The van der Waals surface area contributed by atoms with Crippen LogP contribution in [-0.4, -0.2) is 37.2 Å². The molecule has 0 aliphatic carbocycles. The van der Waals surface area contributed by atoms with E-state index in [2.05, 4.69) is 130 Å². The fraction of sp³-hybridized carbons (Fsp3) is 0.644. The molecule has 6 heteroatoms. The van der Waals surface area contributed by atoms with Gasteiger partial charge in [0.15, 0.2) is 6.10 Å². The molecule has 65 heavy (non-hydrogen) atoms. The standard InChI is InChI=1S/C59H96O6/c1-4-7-10-13-16-19-22-25-28-29-32-34-37-40-43-46-49-52-58(61)64-55-56(65-59(62)53-50-47-44-41-38-35-31-27-24-21-18-15-12-9-6-3)54-63-57(60)51-48-45-42-39-36-33-30-26-23-20-17-14-11-8-5-2/h7,9-10,12,16,18-19,21,25,27-28,31-32,34,38,40-41,43,56H,4-6,8,11,13-15,17,20,22-24,26,29-30,33,35-37,39,42,44-55H2,1-3H3/b10-7-,12-9-,19-16-,21-18-,28-25-,31-27-,34-32-,41-38-,43-40-/t56-/m1/s1. The Morgan fingerprint density at radius 3 is 1.00 bits per heavy atom. The van der Waals surface area contributed by atoms with Crippen LogP contribution in [0.25, 0.3) is 0 Å². The monoisotopic (exact) mass is 901 g/mol. The van der Waals surface area contributed by atoms with Crippen molar-refractivity contribution >= 4 is 17.9 Å². The van der Waals surface area contributed by atoms with Gasteiger partial charge in [-0.1, -0.05) is 220 Å². The molecule has 0 amide bonds. The maximum Gasteiger partial charge on any atom is 0.306 e. The van der Waals surface area contributed by atoms with Gasteiger partial charge in [-0.25, -0.2) is 0 Å². The maximum absolute atomic E-state index is 12.8. The van der Waals surface area contributed by atoms with Crippen molar-refractivity contribution in [3.8, 4) is 0 Å². The summed E-state index contributed by atoms with van der Waals surface area (Å²) in [6.07, 6.45) is 70.8. The molecule has 0 spiro atoms. The van der Waals surface area contributed by atoms with Gasteiger partial charge in [0, 0.05) is 19.3 Å². The van der Waals surface area contributed by atoms with E-state index in [1.54, 1.807) is 0 Å². The Bertz CT molecular complexity index is 1360. The van der Waals surface area contributed by atoms with Crippen LogP contribution < -0.4 is 0 Å². The first-order valence-electron chi connectivity index (χ1n) is 26.4. The van der Waals surface area contributed by atoms with Crippen LogP contribution in [0.15, 0.2) is 109 Å². The number of hydrogen-bond donors (Lipinski definition) is 0. The summed E-state index contributed by atoms with van der Waals surface area (Å²) in [6, 6.07) is 0. The zero-order valence-electron chi connectivity index (χ0n) is 42.0. The number of hydrogen-bond acceptors (Lipinski definition) is 6. The van der Waals surface area contributed by atoms with E-state index in [1.165, 1.54) is 77.0 Å². The van der Waals surface area contributed by atoms with Gasteiger partial charge in [0.25, 0.3) is 0 Å². The third-order valence-corrected chi connectivity index (χ3v) is 10.8. The molecular formula is C59H96O6. The summed E-state index contributed by atoms with van der Waals surface area (Å²) >= 11 is 0. The Morgan fingerprint density at radius 2 is 0.615 bits per heavy atom. The lowest BCUT2D eigenvalue weighted by molar-refractivity contribution is -0.167. The summed E-state index contributed by atoms with van der Waals surface area (Å²) in [5.41, 5.74) is 0. The van der Waals surface area contributed by atoms with Gasteiger partial charge >= 0.3 is 17.9 Å². The predicted octanol–water partition coefficient (Wildman–Crippen LogP) is 17.5. The normalized spacial score (nSPS) is 13.0. The molecule has 0 N–H and O–H groups in total. The molecule has 0 heterocycles. The Labute approximate surface area is 400 Å². The van der Waals surface area contributed by atoms with E-state index in [4.69, 9.17) is 14.2 Å². The van der Waals surface area contributed by atoms with Crippen LogP contribution in [0.4, 0.5) is 0 Å². The van der Waals surface area contributed by atoms with Crippen molar-refractivity contribution in [1.82, 2.24) is 0 Å². The number of ether oxygens (including phenoxy) is 3. The smallest absolute Gasteiger partial charge is 0.306 e. The molecule has 0 unspecified atom stereocenters. The molecule has 0 bridgehead atoms. The van der Waals surface area contributed by atoms with Gasteiger partial charge in [0.05, 0.1) is 0 Å². The molecule has 0 rings (SSSR count). The van der Waals surface area contributed by atoms with Gasteiger partial charge < -0.3 is 14.2 Å². The molecule has 0 aliphatic heterocycles. The molecule has 0 aromatic heterocycles. The highest BCUT2D eigenvalue weighted by Crippen LogP contribution is 2.14. The Hall–Kier alpha value is -3.93. The highest BCUT2D eigenvalue weighted by atomic mass is 16.6. The van der Waals surface area contributed by atoms with Crippen LogP contribution in [0.3, 0.4) is 0 Å². The third kappa shape index (κ3) is 50.9. The van der Waals surface area contributed by atoms with Gasteiger partial charge in [-0.05, 0) is 96.3 Å². The second kappa shape index (κ2) is 52.7. The van der Waals surface area contributed by atoms with E-state index in [0.717, 1.165) is 96.3 Å². The van der Waals surface area contributed by atoms with E-state index >= 15 is 0 Å². The summed E-state index contributed by atoms with van der Waals surface area (Å²) in [6.45, 7) is 6.32. The largest absolute Gasteiger partial charge is 0.462 e. The Balaban J connectivity index is 4.54. The molecule has 0 radical (unpaired) electrons. The molecule has 6 nitrogen and oxygen atoms in total. The van der Waals surface area contributed by atoms with Gasteiger partial charge in [0.2, 0.25) is 0 Å². The molecule has 0 aromatic rings. The SMILES string of the molecule is CC/C=C\C/C=C\C/C=C\C/C=C\C/C=C\CCCC(=O)OC[C@@H](COC(=O)CCCCCCCCCCCCCCCCC)OC(=O)CCCC/C=C\C/C=C\C/C=C\C/C=C\CC. The Morgan fingerprint density at radius 1 is 0.323 bits per heavy atom. The van der Waals surface area contributed by atoms with E-state index in [0.29, 0.717) is 19.3 Å². The lowest BCUT2D eigenvalue weighted by Gasteiger charge is -2.18. The quantitative estimate of drug-likeness (QED) is 0.0262. The Kier molecular flexibility index (Phi) is 49.5. The number of unbranched alkanes of at least 4 members (excludes halogenated alkanes) is 17. The molecule has 0 aromatic carbocycles. The number of carbonyl (C=O) groups is 3. The third-order valence-electron chi connectivity index (χ3n) is 10.8. The van der Waals surface area contributed by atoms with Crippen LogP contribution in [-0.2, 0) is 28.6 Å². The molecule has 1 atom stereocenters. The number of carbonyl (C=O) groups excluding carboxylic acids is 3. The van der Waals surface area contributed by atoms with Crippen molar-refractivity contribution in [1.29, 1.82) is 0 Å². The van der Waals surface area contributed by atoms with Crippen molar-refractivity contribution in [3.63, 3.8) is 0 Å². The van der Waals surface area contributed by atoms with E-state index in [-0.39, 0.29) is 44.0 Å². The van der Waals surface area contributed by atoms with Gasteiger partial charge in [-0.2, -0.15) is 0 Å². The molecular weight excluding hydrogens is 805 g/mol. The molecule has 0 saturated carbocycles. The lowest BCUT2D eigenvalue weighted by atomic mass is 10.0. The minimum absolute atomic E-state index is 0.113. The zero-order chi connectivity index (χ0) is 47.2. The zero-order valence-corrected chi connectivity index (χ0v) is 42.0. The fourth-order valence-electron chi connectivity index (χ4n) is 6.88. The van der Waals surface area contributed by atoms with Crippen molar-refractivity contribution in [2.75, 3.05) is 13.2 Å². The summed E-state index contributed by atoms with van der Waals surface area (Å²) in [7, 11) is 0. The summed E-state index contributed by atoms with van der Waals surface area (Å²) in [4.78, 5) is 38.0. The van der Waals surface area contributed by atoms with Crippen LogP contribution >= 0.6 is 0 Å². The molecule has 0 saturated heterocycles. The minimum atomic E-state index is -0.822.